The van der Waals surface area contributed by atoms with E-state index < -0.39 is 0 Å². The number of piperidine rings is 1. The summed E-state index contributed by atoms with van der Waals surface area (Å²) in [6.07, 6.45) is 8.76. The highest BCUT2D eigenvalue weighted by Crippen LogP contribution is 2.32. The van der Waals surface area contributed by atoms with Crippen LogP contribution in [-0.4, -0.2) is 42.6 Å². The molecule has 29 heavy (non-hydrogen) atoms. The monoisotopic (exact) mass is 407 g/mol. The molecule has 1 N–H and O–H groups in total. The minimum atomic E-state index is 0.416. The molecule has 0 spiro atoms. The van der Waals surface area contributed by atoms with Crippen LogP contribution in [0.15, 0.2) is 43.0 Å². The average Bonchev–Trinajstić information content (AvgIpc) is 3.37. The van der Waals surface area contributed by atoms with Crippen molar-refractivity contribution in [2.45, 2.75) is 26.2 Å². The number of hydrogen-bond donors (Lipinski definition) is 1. The van der Waals surface area contributed by atoms with Gasteiger partial charge in [0.25, 0.3) is 0 Å². The fourth-order valence-electron chi connectivity index (χ4n) is 4.21. The van der Waals surface area contributed by atoms with Gasteiger partial charge in [-0.25, -0.2) is 15.0 Å². The Kier molecular flexibility index (Phi) is 4.47. The smallest absolute Gasteiger partial charge is 0.226 e. The number of nitrogens with one attached hydrogen (secondary N) is 1. The molecule has 4 aromatic heterocycles. The number of pyridine rings is 1. The molecule has 1 aliphatic rings. The number of aromatic nitrogens is 6. The van der Waals surface area contributed by atoms with Crippen molar-refractivity contribution in [3.63, 3.8) is 0 Å². The van der Waals surface area contributed by atoms with E-state index in [0.29, 0.717) is 16.9 Å². The summed E-state index contributed by atoms with van der Waals surface area (Å²) in [5, 5.41) is 7.72. The van der Waals surface area contributed by atoms with Crippen molar-refractivity contribution in [1.29, 1.82) is 0 Å². The van der Waals surface area contributed by atoms with E-state index in [2.05, 4.69) is 27.0 Å². The summed E-state index contributed by atoms with van der Waals surface area (Å²) in [6.45, 7) is 6.11. The van der Waals surface area contributed by atoms with Crippen LogP contribution in [0.3, 0.4) is 0 Å². The standard InChI is InChI=1S/C21H22ClN7/c1-13-5-15(16-7-24-25-8-16)11-28(10-13)21-26-14(2)6-18(27-21)19-9-23-20-4-3-17(22)12-29(19)20/h3-4,6-9,12-13,15H,5,10-11H2,1-2H3,(H,24,25)/t13-,15+/m1/s1. The number of imidazole rings is 1. The summed E-state index contributed by atoms with van der Waals surface area (Å²) in [4.78, 5) is 16.4. The number of nitrogens with zero attached hydrogens (tertiary/aromatic N) is 6. The summed E-state index contributed by atoms with van der Waals surface area (Å²) in [7, 11) is 0. The topological polar surface area (TPSA) is 75.0 Å². The van der Waals surface area contributed by atoms with Gasteiger partial charge in [-0.15, -0.1) is 0 Å². The maximum absolute atomic E-state index is 6.20. The van der Waals surface area contributed by atoms with Crippen LogP contribution in [0.5, 0.6) is 0 Å². The second-order valence-electron chi connectivity index (χ2n) is 7.89. The highest BCUT2D eigenvalue weighted by Gasteiger charge is 2.28. The van der Waals surface area contributed by atoms with E-state index in [4.69, 9.17) is 21.6 Å². The van der Waals surface area contributed by atoms with Gasteiger partial charge in [-0.05, 0) is 43.0 Å². The van der Waals surface area contributed by atoms with E-state index in [1.165, 1.54) is 5.56 Å². The van der Waals surface area contributed by atoms with Crippen LogP contribution in [0.1, 0.15) is 30.5 Å². The summed E-state index contributed by atoms with van der Waals surface area (Å²) in [5.41, 5.74) is 4.77. The molecule has 148 valence electrons. The van der Waals surface area contributed by atoms with Gasteiger partial charge in [-0.1, -0.05) is 18.5 Å². The third kappa shape index (κ3) is 3.46. The first kappa shape index (κ1) is 18.1. The first-order valence-electron chi connectivity index (χ1n) is 9.79. The SMILES string of the molecule is Cc1cc(-c2cnc3ccc(Cl)cn23)nc(N2C[C@H](C)C[C@H](c3cn[nH]c3)C2)n1. The minimum Gasteiger partial charge on any atom is -0.340 e. The molecule has 0 unspecified atom stereocenters. The number of aromatic amines is 1. The molecule has 0 aromatic carbocycles. The predicted molar refractivity (Wildman–Crippen MR) is 113 cm³/mol. The highest BCUT2D eigenvalue weighted by atomic mass is 35.5. The maximum Gasteiger partial charge on any atom is 0.226 e. The molecule has 0 aliphatic carbocycles. The lowest BCUT2D eigenvalue weighted by atomic mass is 9.87. The highest BCUT2D eigenvalue weighted by molar-refractivity contribution is 6.30. The predicted octanol–water partition coefficient (Wildman–Crippen LogP) is 4.11. The summed E-state index contributed by atoms with van der Waals surface area (Å²) in [5.74, 6) is 1.72. The molecule has 8 heteroatoms. The van der Waals surface area contributed by atoms with Gasteiger partial charge in [0, 0.05) is 37.1 Å². The van der Waals surface area contributed by atoms with Gasteiger partial charge in [0.05, 0.1) is 28.8 Å². The van der Waals surface area contributed by atoms with Gasteiger partial charge in [-0.3, -0.25) is 9.50 Å². The molecule has 1 fully saturated rings. The lowest BCUT2D eigenvalue weighted by Crippen LogP contribution is -2.39. The molecule has 0 saturated carbocycles. The van der Waals surface area contributed by atoms with E-state index in [9.17, 15) is 0 Å². The van der Waals surface area contributed by atoms with Gasteiger partial charge >= 0.3 is 0 Å². The van der Waals surface area contributed by atoms with Crippen LogP contribution >= 0.6 is 11.6 Å². The first-order valence-corrected chi connectivity index (χ1v) is 10.2. The Morgan fingerprint density at radius 2 is 2.07 bits per heavy atom. The lowest BCUT2D eigenvalue weighted by Gasteiger charge is -2.36. The Morgan fingerprint density at radius 3 is 2.90 bits per heavy atom. The molecule has 0 radical (unpaired) electrons. The van der Waals surface area contributed by atoms with Crippen molar-refractivity contribution in [3.8, 4) is 11.4 Å². The molecular formula is C21H22ClN7. The Bertz CT molecular complexity index is 1150. The van der Waals surface area contributed by atoms with Crippen molar-refractivity contribution in [2.75, 3.05) is 18.0 Å². The van der Waals surface area contributed by atoms with Gasteiger partial charge in [0.1, 0.15) is 5.65 Å². The van der Waals surface area contributed by atoms with Crippen molar-refractivity contribution < 1.29 is 0 Å². The molecule has 0 amide bonds. The number of aryl methyl sites for hydroxylation is 1. The quantitative estimate of drug-likeness (QED) is 0.553. The molecule has 0 bridgehead atoms. The lowest BCUT2D eigenvalue weighted by molar-refractivity contribution is 0.398. The number of anilines is 1. The third-order valence-electron chi connectivity index (χ3n) is 5.51. The van der Waals surface area contributed by atoms with Crippen molar-refractivity contribution in [3.05, 3.63) is 59.3 Å². The van der Waals surface area contributed by atoms with Crippen molar-refractivity contribution in [1.82, 2.24) is 29.5 Å². The van der Waals surface area contributed by atoms with Crippen molar-refractivity contribution in [2.24, 2.45) is 5.92 Å². The molecule has 5 rings (SSSR count). The molecule has 7 nitrogen and oxygen atoms in total. The van der Waals surface area contributed by atoms with Gasteiger partial charge in [-0.2, -0.15) is 5.10 Å². The van der Waals surface area contributed by atoms with Crippen LogP contribution < -0.4 is 4.90 Å². The van der Waals surface area contributed by atoms with E-state index in [1.807, 2.05) is 54.3 Å². The van der Waals surface area contributed by atoms with E-state index in [1.54, 1.807) is 0 Å². The van der Waals surface area contributed by atoms with Crippen LogP contribution in [0, 0.1) is 12.8 Å². The first-order chi connectivity index (χ1) is 14.1. The van der Waals surface area contributed by atoms with E-state index in [0.717, 1.165) is 48.2 Å². The average molecular weight is 408 g/mol. The molecular weight excluding hydrogens is 386 g/mol. The zero-order valence-electron chi connectivity index (χ0n) is 16.4. The van der Waals surface area contributed by atoms with Crippen LogP contribution in [0.4, 0.5) is 5.95 Å². The summed E-state index contributed by atoms with van der Waals surface area (Å²) in [6, 6.07) is 5.74. The van der Waals surface area contributed by atoms with Crippen LogP contribution in [-0.2, 0) is 0 Å². The zero-order valence-corrected chi connectivity index (χ0v) is 17.1. The van der Waals surface area contributed by atoms with Crippen molar-refractivity contribution >= 4 is 23.2 Å². The molecule has 4 aromatic rings. The van der Waals surface area contributed by atoms with E-state index in [-0.39, 0.29) is 0 Å². The fourth-order valence-corrected chi connectivity index (χ4v) is 4.37. The molecule has 2 atom stereocenters. The Hall–Kier alpha value is -2.93. The molecule has 1 saturated heterocycles. The van der Waals surface area contributed by atoms with Gasteiger partial charge < -0.3 is 4.90 Å². The van der Waals surface area contributed by atoms with E-state index >= 15 is 0 Å². The third-order valence-corrected chi connectivity index (χ3v) is 5.73. The largest absolute Gasteiger partial charge is 0.340 e. The number of H-pyrrole nitrogens is 1. The zero-order chi connectivity index (χ0) is 20.0. The molecule has 1 aliphatic heterocycles. The number of hydrogen-bond acceptors (Lipinski definition) is 5. The van der Waals surface area contributed by atoms with Crippen LogP contribution in [0.2, 0.25) is 5.02 Å². The van der Waals surface area contributed by atoms with Gasteiger partial charge in [0.2, 0.25) is 5.95 Å². The fraction of sp³-hybridized carbons (Fsp3) is 0.333. The second kappa shape index (κ2) is 7.15. The van der Waals surface area contributed by atoms with Crippen LogP contribution in [0.25, 0.3) is 17.0 Å². The Morgan fingerprint density at radius 1 is 1.17 bits per heavy atom. The summed E-state index contributed by atoms with van der Waals surface area (Å²) < 4.78 is 1.97. The second-order valence-corrected chi connectivity index (χ2v) is 8.32. The number of halogens is 1. The number of fused-ring (bicyclic) bond motifs is 1. The Labute approximate surface area is 173 Å². The number of rotatable bonds is 3. The van der Waals surface area contributed by atoms with Gasteiger partial charge in [0.15, 0.2) is 0 Å². The maximum atomic E-state index is 6.20. The molecule has 5 heterocycles. The minimum absolute atomic E-state index is 0.416. The Balaban J connectivity index is 1.53. The summed E-state index contributed by atoms with van der Waals surface area (Å²) >= 11 is 6.20. The normalized spacial score (nSPS) is 19.8.